The monoisotopic (exact) mass is 263 g/mol. The Morgan fingerprint density at radius 3 is 2.00 bits per heavy atom. The van der Waals surface area contributed by atoms with Crippen molar-refractivity contribution < 1.29 is 19.8 Å². The van der Waals surface area contributed by atoms with Crippen LogP contribution in [-0.4, -0.2) is 34.1 Å². The van der Waals surface area contributed by atoms with E-state index in [-0.39, 0.29) is 0 Å². The van der Waals surface area contributed by atoms with E-state index in [2.05, 4.69) is 31.8 Å². The molecule has 0 bridgehead atoms. The number of aliphatic carboxylic acids is 2. The maximum atomic E-state index is 9.55. The second-order valence-corrected chi connectivity index (χ2v) is 4.12. The minimum Gasteiger partial charge on any atom is -0.478 e. The highest BCUT2D eigenvalue weighted by Gasteiger charge is 1.90. The number of rotatable bonds is 7. The third-order valence-corrected chi connectivity index (χ3v) is 1.77. The molecule has 0 radical (unpaired) electrons. The van der Waals surface area contributed by atoms with Crippen LogP contribution in [0.2, 0.25) is 0 Å². The van der Waals surface area contributed by atoms with E-state index in [1.807, 2.05) is 0 Å². The Balaban J connectivity index is 0. The molecule has 0 aromatic rings. The second kappa shape index (κ2) is 13.1. The predicted molar refractivity (Wildman–Crippen MR) is 70.4 cm³/mol. The van der Waals surface area contributed by atoms with Gasteiger partial charge in [0.15, 0.2) is 0 Å². The van der Waals surface area contributed by atoms with Gasteiger partial charge < -0.3 is 15.5 Å². The summed E-state index contributed by atoms with van der Waals surface area (Å²) in [5.74, 6) is -2.51. The van der Waals surface area contributed by atoms with Gasteiger partial charge in [-0.2, -0.15) is 12.6 Å². The topological polar surface area (TPSA) is 86.6 Å². The first kappa shape index (κ1) is 18.4. The van der Waals surface area contributed by atoms with E-state index in [0.717, 1.165) is 6.54 Å². The molecule has 3 N–H and O–H groups in total. The van der Waals surface area contributed by atoms with E-state index < -0.39 is 11.9 Å². The van der Waals surface area contributed by atoms with Crippen LogP contribution in [0.5, 0.6) is 0 Å². The molecule has 1 atom stereocenters. The second-order valence-electron chi connectivity index (χ2n) is 3.35. The first-order valence-electron chi connectivity index (χ1n) is 5.45. The number of carboxylic acid groups (broad SMARTS) is 2. The standard InChI is InChI=1S/C7H17NS.C4H4O4/c1-3-4-5-6-8-7(2)9;5-3(6)1-2-4(7)8/h7-9H,3-6H2,1-2H3;1-2H,(H,5,6)(H,7,8). The van der Waals surface area contributed by atoms with Gasteiger partial charge in [0.05, 0.1) is 0 Å². The van der Waals surface area contributed by atoms with Crippen molar-refractivity contribution in [3.63, 3.8) is 0 Å². The molecule has 1 unspecified atom stereocenters. The van der Waals surface area contributed by atoms with Crippen LogP contribution >= 0.6 is 12.6 Å². The largest absolute Gasteiger partial charge is 0.478 e. The number of nitrogens with one attached hydrogen (secondary N) is 1. The molecule has 0 saturated carbocycles. The molecule has 0 aliphatic heterocycles. The molecule has 6 heteroatoms. The lowest BCUT2D eigenvalue weighted by Crippen LogP contribution is -2.21. The smallest absolute Gasteiger partial charge is 0.328 e. The van der Waals surface area contributed by atoms with E-state index >= 15 is 0 Å². The van der Waals surface area contributed by atoms with Crippen molar-refractivity contribution in [3.05, 3.63) is 12.2 Å². The average molecular weight is 263 g/mol. The van der Waals surface area contributed by atoms with Crippen LogP contribution < -0.4 is 5.32 Å². The molecular formula is C11H21NO4S. The third kappa shape index (κ3) is 25.3. The zero-order chi connectivity index (χ0) is 13.7. The number of hydrogen-bond acceptors (Lipinski definition) is 4. The molecule has 0 rings (SSSR count). The molecule has 17 heavy (non-hydrogen) atoms. The first-order valence-corrected chi connectivity index (χ1v) is 5.97. The molecule has 0 saturated heterocycles. The third-order valence-electron chi connectivity index (χ3n) is 1.59. The summed E-state index contributed by atoms with van der Waals surface area (Å²) < 4.78 is 0. The van der Waals surface area contributed by atoms with Gasteiger partial charge in [-0.3, -0.25) is 0 Å². The van der Waals surface area contributed by atoms with Crippen molar-refractivity contribution >= 4 is 24.6 Å². The highest BCUT2D eigenvalue weighted by molar-refractivity contribution is 7.80. The Morgan fingerprint density at radius 1 is 1.24 bits per heavy atom. The molecule has 0 amide bonds. The summed E-state index contributed by atoms with van der Waals surface area (Å²) in [6.45, 7) is 5.37. The van der Waals surface area contributed by atoms with Crippen LogP contribution in [-0.2, 0) is 9.59 Å². The quantitative estimate of drug-likeness (QED) is 0.243. The minimum absolute atomic E-state index is 0.349. The Bertz CT molecular complexity index is 226. The van der Waals surface area contributed by atoms with Crippen LogP contribution in [0.3, 0.4) is 0 Å². The average Bonchev–Trinajstić information content (AvgIpc) is 2.22. The molecule has 0 aromatic heterocycles. The lowest BCUT2D eigenvalue weighted by Gasteiger charge is -2.05. The molecule has 0 fully saturated rings. The van der Waals surface area contributed by atoms with Crippen molar-refractivity contribution in [3.8, 4) is 0 Å². The molecule has 5 nitrogen and oxygen atoms in total. The fourth-order valence-electron chi connectivity index (χ4n) is 0.829. The number of thiol groups is 1. The number of carboxylic acids is 2. The lowest BCUT2D eigenvalue weighted by molar-refractivity contribution is -0.134. The number of carbonyl (C=O) groups is 2. The summed E-state index contributed by atoms with van der Waals surface area (Å²) >= 11 is 4.19. The normalized spacial score (nSPS) is 11.7. The summed E-state index contributed by atoms with van der Waals surface area (Å²) in [6.07, 6.45) is 5.02. The van der Waals surface area contributed by atoms with Gasteiger partial charge in [-0.15, -0.1) is 0 Å². The number of unbranched alkanes of at least 4 members (excludes halogenated alkanes) is 2. The summed E-state index contributed by atoms with van der Waals surface area (Å²) in [5.41, 5.74) is 0. The van der Waals surface area contributed by atoms with Gasteiger partial charge in [-0.25, -0.2) is 9.59 Å². The maximum Gasteiger partial charge on any atom is 0.328 e. The molecule has 0 aliphatic rings. The summed E-state index contributed by atoms with van der Waals surface area (Å²) in [6, 6.07) is 0. The van der Waals surface area contributed by atoms with Crippen molar-refractivity contribution in [1.29, 1.82) is 0 Å². The maximum absolute atomic E-state index is 9.55. The van der Waals surface area contributed by atoms with Crippen molar-refractivity contribution in [2.45, 2.75) is 38.5 Å². The summed E-state index contributed by atoms with van der Waals surface area (Å²) in [7, 11) is 0. The van der Waals surface area contributed by atoms with E-state index in [4.69, 9.17) is 10.2 Å². The van der Waals surface area contributed by atoms with Crippen LogP contribution in [0.4, 0.5) is 0 Å². The van der Waals surface area contributed by atoms with Crippen LogP contribution in [0, 0.1) is 0 Å². The molecule has 0 heterocycles. The Hall–Kier alpha value is -1.01. The van der Waals surface area contributed by atoms with E-state index in [1.54, 1.807) is 0 Å². The summed E-state index contributed by atoms with van der Waals surface area (Å²) in [4.78, 5) is 19.1. The Kier molecular flexibility index (Phi) is 14.1. The zero-order valence-electron chi connectivity index (χ0n) is 10.2. The van der Waals surface area contributed by atoms with Crippen LogP contribution in [0.1, 0.15) is 33.1 Å². The van der Waals surface area contributed by atoms with E-state index in [1.165, 1.54) is 19.3 Å². The fraction of sp³-hybridized carbons (Fsp3) is 0.636. The lowest BCUT2D eigenvalue weighted by atomic mass is 10.2. The van der Waals surface area contributed by atoms with Gasteiger partial charge in [-0.1, -0.05) is 19.8 Å². The molecular weight excluding hydrogens is 242 g/mol. The van der Waals surface area contributed by atoms with Gasteiger partial charge in [0, 0.05) is 17.5 Å². The highest BCUT2D eigenvalue weighted by atomic mass is 32.1. The molecule has 0 spiro atoms. The first-order chi connectivity index (χ1) is 7.90. The molecule has 0 aromatic carbocycles. The van der Waals surface area contributed by atoms with E-state index in [0.29, 0.717) is 17.5 Å². The SMILES string of the molecule is CCCCCNC(C)S.O=C(O)C=CC(=O)O. The van der Waals surface area contributed by atoms with Gasteiger partial charge in [0.1, 0.15) is 0 Å². The molecule has 100 valence electrons. The van der Waals surface area contributed by atoms with Crippen molar-refractivity contribution in [2.75, 3.05) is 6.54 Å². The minimum atomic E-state index is -1.26. The zero-order valence-corrected chi connectivity index (χ0v) is 11.1. The molecule has 0 aliphatic carbocycles. The fourth-order valence-corrected chi connectivity index (χ4v) is 0.958. The number of hydrogen-bond donors (Lipinski definition) is 4. The van der Waals surface area contributed by atoms with Crippen LogP contribution in [0.25, 0.3) is 0 Å². The Labute approximate surface area is 107 Å². The van der Waals surface area contributed by atoms with Crippen LogP contribution in [0.15, 0.2) is 12.2 Å². The van der Waals surface area contributed by atoms with E-state index in [9.17, 15) is 9.59 Å². The van der Waals surface area contributed by atoms with Gasteiger partial charge in [-0.05, 0) is 19.9 Å². The highest BCUT2D eigenvalue weighted by Crippen LogP contribution is 1.93. The van der Waals surface area contributed by atoms with Crippen molar-refractivity contribution in [1.82, 2.24) is 5.32 Å². The van der Waals surface area contributed by atoms with Gasteiger partial charge in [0.2, 0.25) is 0 Å². The summed E-state index contributed by atoms with van der Waals surface area (Å²) in [5, 5.41) is 19.2. The van der Waals surface area contributed by atoms with Crippen molar-refractivity contribution in [2.24, 2.45) is 0 Å². The Morgan fingerprint density at radius 2 is 1.71 bits per heavy atom. The predicted octanol–water partition coefficient (Wildman–Crippen LogP) is 1.75. The van der Waals surface area contributed by atoms with Gasteiger partial charge >= 0.3 is 11.9 Å². The van der Waals surface area contributed by atoms with Gasteiger partial charge in [0.25, 0.3) is 0 Å².